The highest BCUT2D eigenvalue weighted by atomic mass is 19.4. The van der Waals surface area contributed by atoms with Crippen LogP contribution >= 0.6 is 0 Å². The van der Waals surface area contributed by atoms with Crippen molar-refractivity contribution in [2.24, 2.45) is 0 Å². The molecule has 1 unspecified atom stereocenters. The van der Waals surface area contributed by atoms with Gasteiger partial charge < -0.3 is 9.64 Å². The molecule has 1 aliphatic heterocycles. The lowest BCUT2D eigenvalue weighted by atomic mass is 10.0. The second kappa shape index (κ2) is 7.31. The number of morpholine rings is 1. The van der Waals surface area contributed by atoms with Gasteiger partial charge in [-0.2, -0.15) is 31.6 Å². The summed E-state index contributed by atoms with van der Waals surface area (Å²) in [6.07, 6.45) is -9.80. The van der Waals surface area contributed by atoms with E-state index in [-0.39, 0.29) is 31.1 Å². The summed E-state index contributed by atoms with van der Waals surface area (Å²) in [5.74, 6) is -0.127. The third kappa shape index (κ3) is 4.20. The molecule has 1 aromatic carbocycles. The van der Waals surface area contributed by atoms with E-state index >= 15 is 0 Å². The van der Waals surface area contributed by atoms with Gasteiger partial charge in [-0.05, 0) is 29.8 Å². The second-order valence-corrected chi connectivity index (χ2v) is 6.10. The second-order valence-electron chi connectivity index (χ2n) is 6.10. The van der Waals surface area contributed by atoms with Crippen LogP contribution in [-0.2, 0) is 17.1 Å². The van der Waals surface area contributed by atoms with Gasteiger partial charge in [-0.3, -0.25) is 0 Å². The first-order valence-electron chi connectivity index (χ1n) is 8.11. The Balaban J connectivity index is 1.87. The largest absolute Gasteiger partial charge is 0.433 e. The van der Waals surface area contributed by atoms with Crippen LogP contribution in [0.4, 0.5) is 32.2 Å². The van der Waals surface area contributed by atoms with E-state index in [0.29, 0.717) is 5.56 Å². The number of ether oxygens (including phenoxy) is 1. The molecule has 1 aromatic heterocycles. The van der Waals surface area contributed by atoms with Crippen molar-refractivity contribution in [3.8, 4) is 6.07 Å². The van der Waals surface area contributed by atoms with Crippen LogP contribution in [-0.4, -0.2) is 24.7 Å². The van der Waals surface area contributed by atoms with Crippen molar-refractivity contribution in [3.05, 3.63) is 58.8 Å². The van der Waals surface area contributed by atoms with Crippen LogP contribution in [0.3, 0.4) is 0 Å². The molecule has 0 aliphatic carbocycles. The van der Waals surface area contributed by atoms with Crippen LogP contribution in [0.15, 0.2) is 36.4 Å². The number of halogens is 6. The number of aromatic nitrogens is 1. The predicted molar refractivity (Wildman–Crippen MR) is 86.3 cm³/mol. The molecule has 0 bridgehead atoms. The molecule has 3 rings (SSSR count). The molecule has 1 fully saturated rings. The van der Waals surface area contributed by atoms with Crippen LogP contribution in [0.2, 0.25) is 0 Å². The zero-order valence-corrected chi connectivity index (χ0v) is 14.2. The van der Waals surface area contributed by atoms with E-state index in [1.807, 2.05) is 6.07 Å². The predicted octanol–water partition coefficient (Wildman–Crippen LogP) is 4.57. The summed E-state index contributed by atoms with van der Waals surface area (Å²) in [7, 11) is 0. The molecule has 10 heteroatoms. The van der Waals surface area contributed by atoms with Crippen molar-refractivity contribution < 1.29 is 31.1 Å². The van der Waals surface area contributed by atoms with Crippen molar-refractivity contribution in [2.75, 3.05) is 24.6 Å². The van der Waals surface area contributed by atoms with Crippen LogP contribution in [0, 0.1) is 11.3 Å². The van der Waals surface area contributed by atoms with Crippen molar-refractivity contribution >= 4 is 5.82 Å². The lowest BCUT2D eigenvalue weighted by molar-refractivity contribution is -0.141. The molecule has 0 amide bonds. The molecule has 28 heavy (non-hydrogen) atoms. The number of pyridine rings is 1. The summed E-state index contributed by atoms with van der Waals surface area (Å²) < 4.78 is 82.5. The molecule has 1 aliphatic rings. The number of hydrogen-bond acceptors (Lipinski definition) is 4. The van der Waals surface area contributed by atoms with Crippen LogP contribution in [0.1, 0.15) is 28.5 Å². The molecular weight excluding hydrogens is 388 g/mol. The Morgan fingerprint density at radius 3 is 2.25 bits per heavy atom. The van der Waals surface area contributed by atoms with Crippen molar-refractivity contribution in [2.45, 2.75) is 18.5 Å². The van der Waals surface area contributed by atoms with E-state index in [1.165, 1.54) is 17.0 Å². The highest BCUT2D eigenvalue weighted by Gasteiger charge is 2.35. The first kappa shape index (κ1) is 19.9. The molecule has 0 spiro atoms. The lowest BCUT2D eigenvalue weighted by Crippen LogP contribution is -2.39. The summed E-state index contributed by atoms with van der Waals surface area (Å²) in [6, 6.07) is 7.96. The molecular formula is C18H13F6N3O. The quantitative estimate of drug-likeness (QED) is 0.692. The third-order valence-corrected chi connectivity index (χ3v) is 4.26. The Hall–Kier alpha value is -2.80. The minimum Gasteiger partial charge on any atom is -0.370 e. The van der Waals surface area contributed by atoms with Crippen molar-refractivity contribution in [1.29, 1.82) is 5.26 Å². The monoisotopic (exact) mass is 401 g/mol. The summed E-state index contributed by atoms with van der Waals surface area (Å²) in [6.45, 7) is 0.364. The summed E-state index contributed by atoms with van der Waals surface area (Å²) in [5.41, 5.74) is -1.52. The summed E-state index contributed by atoms with van der Waals surface area (Å²) >= 11 is 0. The Kier molecular flexibility index (Phi) is 5.21. The first-order valence-corrected chi connectivity index (χ1v) is 8.11. The van der Waals surface area contributed by atoms with Crippen molar-refractivity contribution in [3.63, 3.8) is 0 Å². The van der Waals surface area contributed by atoms with Gasteiger partial charge >= 0.3 is 12.4 Å². The Morgan fingerprint density at radius 2 is 1.68 bits per heavy atom. The molecule has 0 radical (unpaired) electrons. The van der Waals surface area contributed by atoms with E-state index in [1.54, 1.807) is 0 Å². The van der Waals surface area contributed by atoms with Crippen molar-refractivity contribution in [1.82, 2.24) is 4.98 Å². The zero-order chi connectivity index (χ0) is 20.5. The summed E-state index contributed by atoms with van der Waals surface area (Å²) in [5, 5.41) is 9.20. The smallest absolute Gasteiger partial charge is 0.370 e. The van der Waals surface area contributed by atoms with Gasteiger partial charge in [0, 0.05) is 13.1 Å². The minimum atomic E-state index is -4.66. The molecule has 0 N–H and O–H groups in total. The van der Waals surface area contributed by atoms with Crippen LogP contribution in [0.25, 0.3) is 0 Å². The number of benzene rings is 1. The van der Waals surface area contributed by atoms with Crippen LogP contribution < -0.4 is 4.90 Å². The third-order valence-electron chi connectivity index (χ3n) is 4.26. The maximum atomic E-state index is 13.0. The van der Waals surface area contributed by atoms with E-state index in [4.69, 9.17) is 4.74 Å². The topological polar surface area (TPSA) is 49.2 Å². The molecule has 0 saturated carbocycles. The van der Waals surface area contributed by atoms with Gasteiger partial charge in [-0.25, -0.2) is 4.98 Å². The van der Waals surface area contributed by atoms with Gasteiger partial charge in [0.1, 0.15) is 23.7 Å². The molecule has 2 heterocycles. The molecule has 1 saturated heterocycles. The average Bonchev–Trinajstić information content (AvgIpc) is 2.66. The number of nitriles is 1. The molecule has 2 aromatic rings. The van der Waals surface area contributed by atoms with E-state index in [2.05, 4.69) is 4.98 Å². The van der Waals surface area contributed by atoms with E-state index < -0.39 is 29.7 Å². The zero-order valence-electron chi connectivity index (χ0n) is 14.2. The van der Waals surface area contributed by atoms with Gasteiger partial charge in [0.15, 0.2) is 0 Å². The molecule has 148 valence electrons. The SMILES string of the molecule is N#Cc1ccc(C(F)(F)F)nc1N1CCOC(c2ccc(C(F)(F)F)cc2)C1. The van der Waals surface area contributed by atoms with Gasteiger partial charge in [-0.15, -0.1) is 0 Å². The van der Waals surface area contributed by atoms with E-state index in [0.717, 1.165) is 24.3 Å². The maximum Gasteiger partial charge on any atom is 0.433 e. The average molecular weight is 401 g/mol. The fourth-order valence-corrected chi connectivity index (χ4v) is 2.86. The highest BCUT2D eigenvalue weighted by molar-refractivity contribution is 5.55. The number of anilines is 1. The van der Waals surface area contributed by atoms with Gasteiger partial charge in [-0.1, -0.05) is 12.1 Å². The fourth-order valence-electron chi connectivity index (χ4n) is 2.86. The first-order chi connectivity index (χ1) is 13.1. The van der Waals surface area contributed by atoms with E-state index in [9.17, 15) is 31.6 Å². The number of alkyl halides is 6. The number of rotatable bonds is 2. The Bertz CT molecular complexity index is 886. The highest BCUT2D eigenvalue weighted by Crippen LogP contribution is 2.34. The fraction of sp³-hybridized carbons (Fsp3) is 0.333. The maximum absolute atomic E-state index is 13.0. The molecule has 4 nitrogen and oxygen atoms in total. The van der Waals surface area contributed by atoms with Gasteiger partial charge in [0.25, 0.3) is 0 Å². The Morgan fingerprint density at radius 1 is 1.00 bits per heavy atom. The van der Waals surface area contributed by atoms with Crippen LogP contribution in [0.5, 0.6) is 0 Å². The standard InChI is InChI=1S/C18H13F6N3O/c19-17(20,21)13-4-1-11(2-5-13)14-10-27(7-8-28-14)16-12(9-25)3-6-15(26-16)18(22,23)24/h1-6,14H,7-8,10H2. The number of nitrogens with zero attached hydrogens (tertiary/aromatic N) is 3. The number of hydrogen-bond donors (Lipinski definition) is 0. The lowest BCUT2D eigenvalue weighted by Gasteiger charge is -2.34. The molecule has 1 atom stereocenters. The Labute approximate surface area is 156 Å². The van der Waals surface area contributed by atoms with Gasteiger partial charge in [0.2, 0.25) is 0 Å². The normalized spacial score (nSPS) is 18.0. The summed E-state index contributed by atoms with van der Waals surface area (Å²) in [4.78, 5) is 5.06. The minimum absolute atomic E-state index is 0.0268. The van der Waals surface area contributed by atoms with Gasteiger partial charge in [0.05, 0.1) is 17.7 Å².